The van der Waals surface area contributed by atoms with Gasteiger partial charge in [0.1, 0.15) is 16.1 Å². The fraction of sp³-hybridized carbons (Fsp3) is 0.300. The Kier molecular flexibility index (Phi) is 5.43. The molecule has 0 aliphatic rings. The third-order valence-corrected chi connectivity index (χ3v) is 4.17. The number of sulfonamides is 1. The molecule has 0 aliphatic carbocycles. The van der Waals surface area contributed by atoms with Crippen molar-refractivity contribution in [3.8, 4) is 0 Å². The van der Waals surface area contributed by atoms with Crippen molar-refractivity contribution in [1.29, 1.82) is 0 Å². The molecule has 8 nitrogen and oxygen atoms in total. The minimum atomic E-state index is -4.20. The maximum atomic E-state index is 12.0. The number of pyridine rings is 1. The summed E-state index contributed by atoms with van der Waals surface area (Å²) >= 11 is 5.63. The van der Waals surface area contributed by atoms with Gasteiger partial charge in [0.05, 0.1) is 0 Å². The number of hydrogen-bond donors (Lipinski definition) is 3. The predicted molar refractivity (Wildman–Crippen MR) is 67.9 cm³/mol. The fourth-order valence-electron chi connectivity index (χ4n) is 1.32. The van der Waals surface area contributed by atoms with Gasteiger partial charge in [-0.3, -0.25) is 9.59 Å². The molecule has 1 aromatic rings. The number of aliphatic carboxylic acids is 2. The quantitative estimate of drug-likeness (QED) is 0.616. The van der Waals surface area contributed by atoms with E-state index in [1.165, 1.54) is 12.3 Å². The van der Waals surface area contributed by atoms with E-state index in [1.807, 2.05) is 4.72 Å². The first kappa shape index (κ1) is 16.3. The van der Waals surface area contributed by atoms with Crippen molar-refractivity contribution in [2.24, 2.45) is 0 Å². The molecule has 1 aromatic heterocycles. The van der Waals surface area contributed by atoms with Gasteiger partial charge in [-0.1, -0.05) is 11.6 Å². The zero-order chi connectivity index (χ0) is 15.3. The van der Waals surface area contributed by atoms with Crippen LogP contribution in [0.1, 0.15) is 12.8 Å². The first-order valence-corrected chi connectivity index (χ1v) is 7.17. The van der Waals surface area contributed by atoms with Crippen LogP contribution in [0.4, 0.5) is 0 Å². The van der Waals surface area contributed by atoms with E-state index >= 15 is 0 Å². The van der Waals surface area contributed by atoms with Crippen LogP contribution in [0.3, 0.4) is 0 Å². The number of rotatable bonds is 7. The number of carboxylic acids is 2. The normalized spacial score (nSPS) is 12.8. The summed E-state index contributed by atoms with van der Waals surface area (Å²) in [4.78, 5) is 24.6. The van der Waals surface area contributed by atoms with E-state index in [0.29, 0.717) is 0 Å². The summed E-state index contributed by atoms with van der Waals surface area (Å²) in [7, 11) is -4.20. The van der Waals surface area contributed by atoms with Crippen molar-refractivity contribution in [2.75, 3.05) is 0 Å². The van der Waals surface area contributed by atoms with Crippen LogP contribution in [0.2, 0.25) is 5.15 Å². The highest BCUT2D eigenvalue weighted by Crippen LogP contribution is 2.18. The van der Waals surface area contributed by atoms with Gasteiger partial charge in [0, 0.05) is 12.6 Å². The Morgan fingerprint density at radius 2 is 2.05 bits per heavy atom. The topological polar surface area (TPSA) is 134 Å². The Morgan fingerprint density at radius 1 is 1.40 bits per heavy atom. The summed E-state index contributed by atoms with van der Waals surface area (Å²) in [5.41, 5.74) is 0. The summed E-state index contributed by atoms with van der Waals surface area (Å²) in [6.45, 7) is 0. The first-order valence-electron chi connectivity index (χ1n) is 5.31. The van der Waals surface area contributed by atoms with Gasteiger partial charge in [-0.05, 0) is 18.6 Å². The fourth-order valence-corrected chi connectivity index (χ4v) is 3.00. The lowest BCUT2D eigenvalue weighted by molar-refractivity contribution is -0.140. The molecule has 0 aromatic carbocycles. The van der Waals surface area contributed by atoms with Crippen molar-refractivity contribution >= 4 is 33.6 Å². The molecule has 1 heterocycles. The third kappa shape index (κ3) is 4.44. The molecule has 0 saturated heterocycles. The number of aromatic nitrogens is 1. The highest BCUT2D eigenvalue weighted by molar-refractivity contribution is 7.89. The second-order valence-electron chi connectivity index (χ2n) is 3.74. The molecule has 0 bridgehead atoms. The number of halogens is 1. The van der Waals surface area contributed by atoms with Crippen LogP contribution >= 0.6 is 11.6 Å². The zero-order valence-electron chi connectivity index (χ0n) is 9.98. The van der Waals surface area contributed by atoms with Crippen LogP contribution < -0.4 is 4.72 Å². The molecular weight excluding hydrogens is 312 g/mol. The Hall–Kier alpha value is -1.71. The third-order valence-electron chi connectivity index (χ3n) is 2.26. The molecule has 0 saturated carbocycles. The monoisotopic (exact) mass is 322 g/mol. The van der Waals surface area contributed by atoms with Crippen molar-refractivity contribution in [3.05, 3.63) is 23.5 Å². The van der Waals surface area contributed by atoms with Crippen LogP contribution in [0, 0.1) is 0 Å². The largest absolute Gasteiger partial charge is 0.481 e. The molecular formula is C10H11ClN2O6S. The van der Waals surface area contributed by atoms with Gasteiger partial charge in [-0.2, -0.15) is 4.72 Å². The molecule has 1 rings (SSSR count). The second kappa shape index (κ2) is 6.64. The van der Waals surface area contributed by atoms with E-state index < -0.39 is 34.4 Å². The van der Waals surface area contributed by atoms with Crippen LogP contribution in [0.5, 0.6) is 0 Å². The summed E-state index contributed by atoms with van der Waals surface area (Å²) in [6.07, 6.45) is 0.405. The highest BCUT2D eigenvalue weighted by Gasteiger charge is 2.27. The van der Waals surface area contributed by atoms with Gasteiger partial charge in [0.25, 0.3) is 0 Å². The van der Waals surface area contributed by atoms with Gasteiger partial charge in [0.15, 0.2) is 0 Å². The molecule has 3 N–H and O–H groups in total. The second-order valence-corrected chi connectivity index (χ2v) is 5.78. The summed E-state index contributed by atoms with van der Waals surface area (Å²) in [5, 5.41) is 17.1. The molecule has 0 amide bonds. The molecule has 1 atom stereocenters. The van der Waals surface area contributed by atoms with E-state index in [-0.39, 0.29) is 16.5 Å². The lowest BCUT2D eigenvalue weighted by Crippen LogP contribution is -2.41. The standard InChI is InChI=1S/C10H11ClN2O6S/c11-9-7(2-1-5-12-9)20(18,19)13-6(10(16)17)3-4-8(14)15/h1-2,5-6,13H,3-4H2,(H,14,15)(H,16,17). The van der Waals surface area contributed by atoms with Crippen molar-refractivity contribution in [3.63, 3.8) is 0 Å². The maximum Gasteiger partial charge on any atom is 0.321 e. The summed E-state index contributed by atoms with van der Waals surface area (Å²) in [6, 6.07) is 0.925. The molecule has 110 valence electrons. The van der Waals surface area contributed by atoms with Crippen molar-refractivity contribution < 1.29 is 28.2 Å². The van der Waals surface area contributed by atoms with Crippen LogP contribution in [-0.4, -0.2) is 41.6 Å². The number of carboxylic acid groups (broad SMARTS) is 2. The number of nitrogens with zero attached hydrogens (tertiary/aromatic N) is 1. The van der Waals surface area contributed by atoms with Gasteiger partial charge in [-0.15, -0.1) is 0 Å². The van der Waals surface area contributed by atoms with Crippen LogP contribution in [0.15, 0.2) is 23.2 Å². The van der Waals surface area contributed by atoms with E-state index in [0.717, 1.165) is 6.07 Å². The molecule has 1 unspecified atom stereocenters. The van der Waals surface area contributed by atoms with E-state index in [4.69, 9.17) is 21.8 Å². The maximum absolute atomic E-state index is 12.0. The van der Waals surface area contributed by atoms with Gasteiger partial charge in [-0.25, -0.2) is 13.4 Å². The van der Waals surface area contributed by atoms with E-state index in [2.05, 4.69) is 4.98 Å². The van der Waals surface area contributed by atoms with Gasteiger partial charge in [0.2, 0.25) is 10.0 Å². The minimum Gasteiger partial charge on any atom is -0.481 e. The number of hydrogen-bond acceptors (Lipinski definition) is 5. The van der Waals surface area contributed by atoms with Crippen LogP contribution in [0.25, 0.3) is 0 Å². The predicted octanol–water partition coefficient (Wildman–Crippen LogP) is 0.331. The summed E-state index contributed by atoms with van der Waals surface area (Å²) in [5.74, 6) is -2.70. The lowest BCUT2D eigenvalue weighted by Gasteiger charge is -2.14. The van der Waals surface area contributed by atoms with E-state index in [1.54, 1.807) is 0 Å². The Morgan fingerprint density at radius 3 is 2.55 bits per heavy atom. The van der Waals surface area contributed by atoms with E-state index in [9.17, 15) is 18.0 Å². The van der Waals surface area contributed by atoms with Crippen molar-refractivity contribution in [2.45, 2.75) is 23.8 Å². The van der Waals surface area contributed by atoms with Gasteiger partial charge < -0.3 is 10.2 Å². The Balaban J connectivity index is 2.95. The molecule has 0 spiro atoms. The smallest absolute Gasteiger partial charge is 0.321 e. The number of nitrogens with one attached hydrogen (secondary N) is 1. The highest BCUT2D eigenvalue weighted by atomic mass is 35.5. The molecule has 0 aliphatic heterocycles. The molecule has 0 fully saturated rings. The number of carbonyl (C=O) groups is 2. The molecule has 0 radical (unpaired) electrons. The zero-order valence-corrected chi connectivity index (χ0v) is 11.6. The average Bonchev–Trinajstić information content (AvgIpc) is 2.34. The lowest BCUT2D eigenvalue weighted by atomic mass is 10.2. The Bertz CT molecular complexity index is 618. The van der Waals surface area contributed by atoms with Crippen LogP contribution in [-0.2, 0) is 19.6 Å². The average molecular weight is 323 g/mol. The van der Waals surface area contributed by atoms with Gasteiger partial charge >= 0.3 is 11.9 Å². The Labute approximate surface area is 119 Å². The molecule has 20 heavy (non-hydrogen) atoms. The van der Waals surface area contributed by atoms with Crippen molar-refractivity contribution in [1.82, 2.24) is 9.71 Å². The summed E-state index contributed by atoms with van der Waals surface area (Å²) < 4.78 is 25.8. The minimum absolute atomic E-state index is 0.303. The SMILES string of the molecule is O=C(O)CCC(NS(=O)(=O)c1cccnc1Cl)C(=O)O. The first-order chi connectivity index (χ1) is 9.24. The molecule has 10 heteroatoms.